The maximum Gasteiger partial charge on any atom is 0.134 e. The zero-order valence-corrected chi connectivity index (χ0v) is 8.21. The number of fused-ring (bicyclic) bond motifs is 3. The summed E-state index contributed by atoms with van der Waals surface area (Å²) in [6.07, 6.45) is 0. The van der Waals surface area contributed by atoms with Crippen molar-refractivity contribution in [3.63, 3.8) is 0 Å². The van der Waals surface area contributed by atoms with Crippen molar-refractivity contribution < 1.29 is 5.11 Å². The van der Waals surface area contributed by atoms with Gasteiger partial charge in [0.25, 0.3) is 0 Å². The van der Waals surface area contributed by atoms with Crippen molar-refractivity contribution in [2.75, 3.05) is 0 Å². The van der Waals surface area contributed by atoms with Crippen molar-refractivity contribution in [2.45, 2.75) is 0 Å². The van der Waals surface area contributed by atoms with Gasteiger partial charge < -0.3 is 5.11 Å². The first-order valence-corrected chi connectivity index (χ1v) is 5.32. The second-order valence-electron chi connectivity index (χ2n) is 3.28. The van der Waals surface area contributed by atoms with Crippen LogP contribution in [0, 0.1) is 0 Å². The van der Waals surface area contributed by atoms with Crippen molar-refractivity contribution >= 4 is 32.2 Å². The molecule has 1 aromatic heterocycles. The molecule has 0 amide bonds. The molecule has 0 radical (unpaired) electrons. The Labute approximate surface area is 85.2 Å². The molecule has 2 heteroatoms. The fourth-order valence-corrected chi connectivity index (χ4v) is 2.72. The minimum Gasteiger partial charge on any atom is -0.506 e. The summed E-state index contributed by atoms with van der Waals surface area (Å²) in [5.74, 6) is 0.385. The van der Waals surface area contributed by atoms with Gasteiger partial charge >= 0.3 is 0 Å². The van der Waals surface area contributed by atoms with E-state index in [1.807, 2.05) is 24.3 Å². The molecule has 2 aromatic carbocycles. The summed E-state index contributed by atoms with van der Waals surface area (Å²) in [5.41, 5.74) is 0. The van der Waals surface area contributed by atoms with E-state index in [9.17, 15) is 5.11 Å². The Morgan fingerprint density at radius 2 is 1.79 bits per heavy atom. The van der Waals surface area contributed by atoms with Gasteiger partial charge in [0.15, 0.2) is 0 Å². The first-order chi connectivity index (χ1) is 6.86. The van der Waals surface area contributed by atoms with Crippen LogP contribution in [0.1, 0.15) is 0 Å². The first kappa shape index (κ1) is 7.83. The molecule has 0 saturated carbocycles. The maximum atomic E-state index is 9.58. The Balaban J connectivity index is 2.61. The third kappa shape index (κ3) is 0.946. The molecule has 0 spiro atoms. The number of thiophene rings is 1. The fourth-order valence-electron chi connectivity index (χ4n) is 1.75. The summed E-state index contributed by atoms with van der Waals surface area (Å²) in [7, 11) is 0. The zero-order valence-electron chi connectivity index (χ0n) is 7.40. The number of aromatic hydroxyl groups is 1. The molecule has 14 heavy (non-hydrogen) atoms. The molecule has 3 rings (SSSR count). The lowest BCUT2D eigenvalue weighted by Crippen LogP contribution is -1.71. The molecule has 68 valence electrons. The van der Waals surface area contributed by atoms with Crippen molar-refractivity contribution in [2.24, 2.45) is 0 Å². The van der Waals surface area contributed by atoms with Crippen molar-refractivity contribution in [3.8, 4) is 5.75 Å². The van der Waals surface area contributed by atoms with Crippen LogP contribution >= 0.6 is 11.3 Å². The Bertz CT molecular complexity index is 610. The molecule has 0 bridgehead atoms. The molecular formula is C12H8OS. The quantitative estimate of drug-likeness (QED) is 0.585. The first-order valence-electron chi connectivity index (χ1n) is 4.44. The van der Waals surface area contributed by atoms with E-state index in [1.165, 1.54) is 15.5 Å². The Morgan fingerprint density at radius 1 is 0.929 bits per heavy atom. The molecule has 0 fully saturated rings. The highest BCUT2D eigenvalue weighted by Crippen LogP contribution is 2.36. The molecule has 0 aliphatic heterocycles. The summed E-state index contributed by atoms with van der Waals surface area (Å²) in [4.78, 5) is 0. The molecule has 3 aromatic rings. The van der Waals surface area contributed by atoms with Gasteiger partial charge in [0, 0.05) is 15.5 Å². The van der Waals surface area contributed by atoms with E-state index in [0.29, 0.717) is 5.75 Å². The largest absolute Gasteiger partial charge is 0.506 e. The van der Waals surface area contributed by atoms with E-state index < -0.39 is 0 Å². The minimum atomic E-state index is 0.385. The van der Waals surface area contributed by atoms with E-state index in [4.69, 9.17) is 0 Å². The highest BCUT2D eigenvalue weighted by molar-refractivity contribution is 7.18. The predicted octanol–water partition coefficient (Wildman–Crippen LogP) is 3.76. The van der Waals surface area contributed by atoms with Gasteiger partial charge in [-0.05, 0) is 16.8 Å². The van der Waals surface area contributed by atoms with Gasteiger partial charge in [-0.2, -0.15) is 0 Å². The van der Waals surface area contributed by atoms with Gasteiger partial charge in [-0.3, -0.25) is 0 Å². The highest BCUT2D eigenvalue weighted by atomic mass is 32.1. The second-order valence-corrected chi connectivity index (χ2v) is 4.16. The summed E-state index contributed by atoms with van der Waals surface area (Å²) >= 11 is 1.59. The van der Waals surface area contributed by atoms with E-state index in [2.05, 4.69) is 12.1 Å². The van der Waals surface area contributed by atoms with Crippen LogP contribution in [0.15, 0.2) is 41.8 Å². The average Bonchev–Trinajstić information content (AvgIpc) is 2.61. The fraction of sp³-hybridized carbons (Fsp3) is 0. The lowest BCUT2D eigenvalue weighted by atomic mass is 10.1. The van der Waals surface area contributed by atoms with Crippen molar-refractivity contribution in [1.29, 1.82) is 0 Å². The zero-order chi connectivity index (χ0) is 9.54. The van der Waals surface area contributed by atoms with Gasteiger partial charge in [0.2, 0.25) is 0 Å². The normalized spacial score (nSPS) is 11.1. The van der Waals surface area contributed by atoms with Gasteiger partial charge in [0.1, 0.15) is 5.75 Å². The standard InChI is InChI=1S/C12H8OS/c13-11-7-14-12-9-4-2-1-3-8(9)5-6-10(11)12/h1-7,13H. The smallest absolute Gasteiger partial charge is 0.134 e. The number of hydrogen-bond donors (Lipinski definition) is 1. The topological polar surface area (TPSA) is 20.2 Å². The Kier molecular flexibility index (Phi) is 1.52. The van der Waals surface area contributed by atoms with E-state index in [-0.39, 0.29) is 0 Å². The lowest BCUT2D eigenvalue weighted by Gasteiger charge is -1.98. The highest BCUT2D eigenvalue weighted by Gasteiger charge is 2.04. The number of rotatable bonds is 0. The van der Waals surface area contributed by atoms with E-state index in [1.54, 1.807) is 16.7 Å². The van der Waals surface area contributed by atoms with Gasteiger partial charge in [0.05, 0.1) is 0 Å². The third-order valence-electron chi connectivity index (χ3n) is 2.44. The second kappa shape index (κ2) is 2.72. The van der Waals surface area contributed by atoms with Gasteiger partial charge in [-0.15, -0.1) is 11.3 Å². The molecule has 0 aliphatic carbocycles. The van der Waals surface area contributed by atoms with E-state index >= 15 is 0 Å². The summed E-state index contributed by atoms with van der Waals surface area (Å²) in [6.45, 7) is 0. The molecule has 1 N–H and O–H groups in total. The van der Waals surface area contributed by atoms with Crippen LogP contribution in [-0.4, -0.2) is 5.11 Å². The van der Waals surface area contributed by atoms with Crippen LogP contribution in [0.3, 0.4) is 0 Å². The maximum absolute atomic E-state index is 9.58. The molecule has 0 atom stereocenters. The molecule has 0 aliphatic rings. The van der Waals surface area contributed by atoms with Crippen LogP contribution in [0.4, 0.5) is 0 Å². The predicted molar refractivity (Wildman–Crippen MR) is 61.0 cm³/mol. The summed E-state index contributed by atoms with van der Waals surface area (Å²) in [5, 5.41) is 14.8. The summed E-state index contributed by atoms with van der Waals surface area (Å²) in [6, 6.07) is 12.3. The number of hydrogen-bond acceptors (Lipinski definition) is 2. The molecule has 1 nitrogen and oxygen atoms in total. The van der Waals surface area contributed by atoms with Crippen molar-refractivity contribution in [1.82, 2.24) is 0 Å². The van der Waals surface area contributed by atoms with Crippen LogP contribution in [0.5, 0.6) is 5.75 Å². The molecule has 0 saturated heterocycles. The minimum absolute atomic E-state index is 0.385. The van der Waals surface area contributed by atoms with Gasteiger partial charge in [-0.25, -0.2) is 0 Å². The van der Waals surface area contributed by atoms with Crippen LogP contribution in [0.2, 0.25) is 0 Å². The van der Waals surface area contributed by atoms with Crippen molar-refractivity contribution in [3.05, 3.63) is 41.8 Å². The van der Waals surface area contributed by atoms with Crippen LogP contribution in [-0.2, 0) is 0 Å². The third-order valence-corrected chi connectivity index (χ3v) is 3.46. The Hall–Kier alpha value is -1.54. The molecule has 0 unspecified atom stereocenters. The van der Waals surface area contributed by atoms with E-state index in [0.717, 1.165) is 5.39 Å². The van der Waals surface area contributed by atoms with Crippen LogP contribution < -0.4 is 0 Å². The Morgan fingerprint density at radius 3 is 2.71 bits per heavy atom. The van der Waals surface area contributed by atoms with Crippen LogP contribution in [0.25, 0.3) is 20.9 Å². The summed E-state index contributed by atoms with van der Waals surface area (Å²) < 4.78 is 1.17. The monoisotopic (exact) mass is 200 g/mol. The number of benzene rings is 2. The average molecular weight is 200 g/mol. The van der Waals surface area contributed by atoms with Gasteiger partial charge in [-0.1, -0.05) is 30.3 Å². The lowest BCUT2D eigenvalue weighted by molar-refractivity contribution is 0.484. The SMILES string of the molecule is Oc1csc2c1ccc1ccccc12. The molecular weight excluding hydrogens is 192 g/mol. The molecule has 1 heterocycles.